The summed E-state index contributed by atoms with van der Waals surface area (Å²) in [5.74, 6) is -0.257. The van der Waals surface area contributed by atoms with Crippen LogP contribution < -0.4 is 10.6 Å². The molecule has 2 amide bonds. The van der Waals surface area contributed by atoms with Gasteiger partial charge in [0, 0.05) is 24.6 Å². The highest BCUT2D eigenvalue weighted by Gasteiger charge is 2.07. The number of aromatic nitrogens is 1. The fourth-order valence-corrected chi connectivity index (χ4v) is 2.45. The molecule has 0 spiro atoms. The van der Waals surface area contributed by atoms with Crippen LogP contribution in [-0.4, -0.2) is 16.8 Å². The minimum atomic E-state index is -0.216. The Balaban J connectivity index is 1.51. The van der Waals surface area contributed by atoms with Crippen LogP contribution in [0.1, 0.15) is 21.5 Å². The third kappa shape index (κ3) is 5.01. The third-order valence-corrected chi connectivity index (χ3v) is 3.83. The Hall–Kier alpha value is -3.47. The second kappa shape index (κ2) is 8.58. The molecular formula is C21H19N3O2. The molecule has 3 aromatic rings. The maximum Gasteiger partial charge on any atom is 0.257 e. The van der Waals surface area contributed by atoms with Crippen molar-refractivity contribution in [2.45, 2.75) is 13.0 Å². The Morgan fingerprint density at radius 1 is 0.846 bits per heavy atom. The maximum absolute atomic E-state index is 12.1. The minimum Gasteiger partial charge on any atom is -0.352 e. The number of benzene rings is 2. The van der Waals surface area contributed by atoms with E-state index in [9.17, 15) is 9.59 Å². The van der Waals surface area contributed by atoms with Crippen LogP contribution in [0.2, 0.25) is 0 Å². The standard InChI is InChI=1S/C21H19N3O2/c25-20(23-14-17-5-2-1-3-6-17)13-16-8-10-19(11-9-16)24-21(26)18-7-4-12-22-15-18/h1-12,15H,13-14H2,(H,23,25)(H,24,26). The summed E-state index contributed by atoms with van der Waals surface area (Å²) < 4.78 is 0. The summed E-state index contributed by atoms with van der Waals surface area (Å²) in [6.45, 7) is 0.513. The molecule has 0 fully saturated rings. The number of carbonyl (C=O) groups is 2. The molecular weight excluding hydrogens is 326 g/mol. The summed E-state index contributed by atoms with van der Waals surface area (Å²) in [5.41, 5.74) is 3.12. The molecule has 1 heterocycles. The van der Waals surface area contributed by atoms with Gasteiger partial charge in [0.2, 0.25) is 5.91 Å². The molecule has 0 bridgehead atoms. The third-order valence-electron chi connectivity index (χ3n) is 3.83. The fraction of sp³-hybridized carbons (Fsp3) is 0.0952. The van der Waals surface area contributed by atoms with Crippen molar-refractivity contribution in [3.05, 3.63) is 95.8 Å². The van der Waals surface area contributed by atoms with Gasteiger partial charge in [0.25, 0.3) is 5.91 Å². The van der Waals surface area contributed by atoms with Gasteiger partial charge in [0.15, 0.2) is 0 Å². The van der Waals surface area contributed by atoms with Gasteiger partial charge in [-0.3, -0.25) is 14.6 Å². The SMILES string of the molecule is O=C(Cc1ccc(NC(=O)c2cccnc2)cc1)NCc1ccccc1. The number of nitrogens with one attached hydrogen (secondary N) is 2. The molecule has 0 aliphatic heterocycles. The van der Waals surface area contributed by atoms with E-state index >= 15 is 0 Å². The van der Waals surface area contributed by atoms with Crippen molar-refractivity contribution in [2.24, 2.45) is 0 Å². The summed E-state index contributed by atoms with van der Waals surface area (Å²) >= 11 is 0. The first-order valence-electron chi connectivity index (χ1n) is 8.31. The molecule has 2 N–H and O–H groups in total. The van der Waals surface area contributed by atoms with E-state index in [0.29, 0.717) is 24.2 Å². The van der Waals surface area contributed by atoms with Gasteiger partial charge in [-0.25, -0.2) is 0 Å². The first-order chi connectivity index (χ1) is 12.7. The van der Waals surface area contributed by atoms with E-state index in [-0.39, 0.29) is 11.8 Å². The number of nitrogens with zero attached hydrogens (tertiary/aromatic N) is 1. The number of amides is 2. The van der Waals surface area contributed by atoms with E-state index in [2.05, 4.69) is 15.6 Å². The molecule has 3 rings (SSSR count). The number of hydrogen-bond acceptors (Lipinski definition) is 3. The highest BCUT2D eigenvalue weighted by Crippen LogP contribution is 2.12. The van der Waals surface area contributed by atoms with Gasteiger partial charge in [0.1, 0.15) is 0 Å². The van der Waals surface area contributed by atoms with Gasteiger partial charge in [-0.05, 0) is 35.4 Å². The molecule has 0 saturated carbocycles. The summed E-state index contributed by atoms with van der Waals surface area (Å²) in [5, 5.41) is 5.71. The predicted octanol–water partition coefficient (Wildman–Crippen LogP) is 3.19. The Kier molecular flexibility index (Phi) is 5.72. The molecule has 0 aliphatic carbocycles. The molecule has 130 valence electrons. The maximum atomic E-state index is 12.1. The van der Waals surface area contributed by atoms with E-state index in [1.54, 1.807) is 30.5 Å². The lowest BCUT2D eigenvalue weighted by molar-refractivity contribution is -0.120. The highest BCUT2D eigenvalue weighted by atomic mass is 16.2. The van der Waals surface area contributed by atoms with E-state index < -0.39 is 0 Å². The first kappa shape index (κ1) is 17.4. The van der Waals surface area contributed by atoms with E-state index in [4.69, 9.17) is 0 Å². The molecule has 0 atom stereocenters. The number of pyridine rings is 1. The second-order valence-corrected chi connectivity index (χ2v) is 5.83. The summed E-state index contributed by atoms with van der Waals surface area (Å²) in [4.78, 5) is 28.1. The average molecular weight is 345 g/mol. The topological polar surface area (TPSA) is 71.1 Å². The summed E-state index contributed by atoms with van der Waals surface area (Å²) in [6, 6.07) is 20.4. The van der Waals surface area contributed by atoms with Crippen LogP contribution in [-0.2, 0) is 17.8 Å². The van der Waals surface area contributed by atoms with Crippen LogP contribution in [0.25, 0.3) is 0 Å². The predicted molar refractivity (Wildman–Crippen MR) is 101 cm³/mol. The van der Waals surface area contributed by atoms with Crippen molar-refractivity contribution in [3.8, 4) is 0 Å². The zero-order chi connectivity index (χ0) is 18.2. The lowest BCUT2D eigenvalue weighted by Crippen LogP contribution is -2.24. The largest absolute Gasteiger partial charge is 0.352 e. The zero-order valence-corrected chi connectivity index (χ0v) is 14.2. The molecule has 0 saturated heterocycles. The molecule has 0 radical (unpaired) electrons. The number of anilines is 1. The van der Waals surface area contributed by atoms with Gasteiger partial charge in [-0.15, -0.1) is 0 Å². The zero-order valence-electron chi connectivity index (χ0n) is 14.2. The Morgan fingerprint density at radius 2 is 1.62 bits per heavy atom. The van der Waals surface area contributed by atoms with Crippen molar-refractivity contribution < 1.29 is 9.59 Å². The number of hydrogen-bond donors (Lipinski definition) is 2. The van der Waals surface area contributed by atoms with Crippen molar-refractivity contribution in [2.75, 3.05) is 5.32 Å². The monoisotopic (exact) mass is 345 g/mol. The van der Waals surface area contributed by atoms with Crippen LogP contribution in [0.3, 0.4) is 0 Å². The van der Waals surface area contributed by atoms with Crippen molar-refractivity contribution in [1.29, 1.82) is 0 Å². The molecule has 5 heteroatoms. The van der Waals surface area contributed by atoms with Gasteiger partial charge >= 0.3 is 0 Å². The van der Waals surface area contributed by atoms with Crippen LogP contribution >= 0.6 is 0 Å². The van der Waals surface area contributed by atoms with E-state index in [1.165, 1.54) is 6.20 Å². The normalized spacial score (nSPS) is 10.2. The first-order valence-corrected chi connectivity index (χ1v) is 8.31. The Bertz CT molecular complexity index is 863. The molecule has 26 heavy (non-hydrogen) atoms. The highest BCUT2D eigenvalue weighted by molar-refractivity contribution is 6.04. The lowest BCUT2D eigenvalue weighted by Gasteiger charge is -2.08. The Labute approximate surface area is 152 Å². The summed E-state index contributed by atoms with van der Waals surface area (Å²) in [6.07, 6.45) is 3.43. The van der Waals surface area contributed by atoms with Crippen molar-refractivity contribution in [3.63, 3.8) is 0 Å². The van der Waals surface area contributed by atoms with Crippen LogP contribution in [0, 0.1) is 0 Å². The van der Waals surface area contributed by atoms with Crippen LogP contribution in [0.5, 0.6) is 0 Å². The molecule has 5 nitrogen and oxygen atoms in total. The van der Waals surface area contributed by atoms with Gasteiger partial charge in [0.05, 0.1) is 12.0 Å². The minimum absolute atomic E-state index is 0.0407. The van der Waals surface area contributed by atoms with Crippen molar-refractivity contribution in [1.82, 2.24) is 10.3 Å². The lowest BCUT2D eigenvalue weighted by atomic mass is 10.1. The van der Waals surface area contributed by atoms with E-state index in [1.807, 2.05) is 42.5 Å². The number of rotatable bonds is 6. The molecule has 0 unspecified atom stereocenters. The summed E-state index contributed by atoms with van der Waals surface area (Å²) in [7, 11) is 0. The molecule has 0 aliphatic rings. The molecule has 2 aromatic carbocycles. The quantitative estimate of drug-likeness (QED) is 0.721. The second-order valence-electron chi connectivity index (χ2n) is 5.83. The number of carbonyl (C=O) groups excluding carboxylic acids is 2. The Morgan fingerprint density at radius 3 is 2.31 bits per heavy atom. The van der Waals surface area contributed by atoms with Gasteiger partial charge in [-0.1, -0.05) is 42.5 Å². The van der Waals surface area contributed by atoms with Gasteiger partial charge < -0.3 is 10.6 Å². The fourth-order valence-electron chi connectivity index (χ4n) is 2.45. The van der Waals surface area contributed by atoms with Crippen LogP contribution in [0.15, 0.2) is 79.1 Å². The molecule has 1 aromatic heterocycles. The average Bonchev–Trinajstić information content (AvgIpc) is 2.69. The van der Waals surface area contributed by atoms with Crippen LogP contribution in [0.4, 0.5) is 5.69 Å². The smallest absolute Gasteiger partial charge is 0.257 e. The van der Waals surface area contributed by atoms with E-state index in [0.717, 1.165) is 11.1 Å². The van der Waals surface area contributed by atoms with Crippen molar-refractivity contribution >= 4 is 17.5 Å². The van der Waals surface area contributed by atoms with Gasteiger partial charge in [-0.2, -0.15) is 0 Å².